The Hall–Kier alpha value is -0.870. The summed E-state index contributed by atoms with van der Waals surface area (Å²) in [5, 5.41) is 2.65. The molecule has 8 heteroatoms. The van der Waals surface area contributed by atoms with Gasteiger partial charge in [-0.1, -0.05) is 22.6 Å². The van der Waals surface area contributed by atoms with Crippen LogP contribution in [0.4, 0.5) is 0 Å². The molecule has 1 atom stereocenters. The van der Waals surface area contributed by atoms with Crippen LogP contribution in [-0.2, 0) is 10.0 Å². The quantitative estimate of drug-likeness (QED) is 0.400. The molecule has 1 amide bonds. The maximum atomic E-state index is 12.0. The van der Waals surface area contributed by atoms with Gasteiger partial charge < -0.3 is 10.1 Å². The molecule has 1 rings (SSSR count). The van der Waals surface area contributed by atoms with Crippen molar-refractivity contribution in [2.45, 2.75) is 12.6 Å². The van der Waals surface area contributed by atoms with Crippen LogP contribution in [0, 0.1) is 0 Å². The van der Waals surface area contributed by atoms with Gasteiger partial charge in [0, 0.05) is 9.99 Å². The zero-order chi connectivity index (χ0) is 15.2. The Kier molecular flexibility index (Phi) is 6.69. The second-order valence-electron chi connectivity index (χ2n) is 4.12. The van der Waals surface area contributed by atoms with Crippen LogP contribution in [0.15, 0.2) is 24.3 Å². The fourth-order valence-electron chi connectivity index (χ4n) is 1.51. The first kappa shape index (κ1) is 17.2. The Labute approximate surface area is 132 Å². The van der Waals surface area contributed by atoms with Gasteiger partial charge in [-0.05, 0) is 30.7 Å². The fraction of sp³-hybridized carbons (Fsp3) is 0.417. The van der Waals surface area contributed by atoms with Crippen LogP contribution >= 0.6 is 22.6 Å². The number of sulfonamides is 1. The van der Waals surface area contributed by atoms with E-state index < -0.39 is 16.2 Å². The van der Waals surface area contributed by atoms with Gasteiger partial charge in [0.25, 0.3) is 5.91 Å². The van der Waals surface area contributed by atoms with Crippen molar-refractivity contribution in [3.63, 3.8) is 0 Å². The van der Waals surface area contributed by atoms with Crippen molar-refractivity contribution in [2.75, 3.05) is 17.8 Å². The smallest absolute Gasteiger partial charge is 0.252 e. The third-order valence-electron chi connectivity index (χ3n) is 2.41. The number of ether oxygens (including phenoxy) is 1. The predicted molar refractivity (Wildman–Crippen MR) is 85.7 cm³/mol. The van der Waals surface area contributed by atoms with E-state index in [2.05, 4.69) is 32.6 Å². The molecule has 0 spiro atoms. The van der Waals surface area contributed by atoms with Crippen LogP contribution in [0.2, 0.25) is 0 Å². The van der Waals surface area contributed by atoms with E-state index in [1.165, 1.54) is 0 Å². The summed E-state index contributed by atoms with van der Waals surface area (Å²) >= 11 is 2.12. The van der Waals surface area contributed by atoms with Crippen molar-refractivity contribution < 1.29 is 17.9 Å². The molecule has 0 aliphatic heterocycles. The molecule has 20 heavy (non-hydrogen) atoms. The third kappa shape index (κ3) is 6.06. The highest BCUT2D eigenvalue weighted by atomic mass is 127. The van der Waals surface area contributed by atoms with E-state index in [0.717, 1.165) is 6.26 Å². The highest BCUT2D eigenvalue weighted by molar-refractivity contribution is 14.1. The lowest BCUT2D eigenvalue weighted by Gasteiger charge is -2.18. The Bertz CT molecular complexity index is 545. The molecule has 1 aromatic carbocycles. The van der Waals surface area contributed by atoms with Gasteiger partial charge in [-0.3, -0.25) is 4.79 Å². The summed E-state index contributed by atoms with van der Waals surface area (Å²) in [5.74, 6) is 0.318. The average Bonchev–Trinajstić information content (AvgIpc) is 2.37. The molecule has 0 saturated carbocycles. The zero-order valence-electron chi connectivity index (χ0n) is 11.2. The van der Waals surface area contributed by atoms with Crippen LogP contribution in [0.25, 0.3) is 0 Å². The van der Waals surface area contributed by atoms with E-state index in [1.807, 2.05) is 0 Å². The van der Waals surface area contributed by atoms with Crippen LogP contribution in [0.5, 0.6) is 5.75 Å². The van der Waals surface area contributed by atoms with Gasteiger partial charge in [0.2, 0.25) is 10.0 Å². The summed E-state index contributed by atoms with van der Waals surface area (Å²) in [6.45, 7) is 0. The van der Waals surface area contributed by atoms with Gasteiger partial charge in [-0.15, -0.1) is 0 Å². The molecule has 1 unspecified atom stereocenters. The molecule has 6 nitrogen and oxygen atoms in total. The summed E-state index contributed by atoms with van der Waals surface area (Å²) in [5.41, 5.74) is 0.444. The SMILES string of the molecule is COc1ccc(C(=O)NC(CCI)NS(C)(=O)=O)cc1. The number of halogens is 1. The van der Waals surface area contributed by atoms with Crippen molar-refractivity contribution >= 4 is 38.5 Å². The minimum absolute atomic E-state index is 0.335. The van der Waals surface area contributed by atoms with E-state index in [9.17, 15) is 13.2 Å². The van der Waals surface area contributed by atoms with Crippen LogP contribution in [0.1, 0.15) is 16.8 Å². The number of carbonyl (C=O) groups excluding carboxylic acids is 1. The lowest BCUT2D eigenvalue weighted by molar-refractivity contribution is 0.0934. The van der Waals surface area contributed by atoms with E-state index >= 15 is 0 Å². The molecule has 0 fully saturated rings. The Morgan fingerprint density at radius 2 is 1.95 bits per heavy atom. The molecule has 0 heterocycles. The van der Waals surface area contributed by atoms with Gasteiger partial charge in [0.15, 0.2) is 0 Å². The molecule has 1 aromatic rings. The normalized spacial score (nSPS) is 12.8. The van der Waals surface area contributed by atoms with E-state index in [0.29, 0.717) is 22.2 Å². The van der Waals surface area contributed by atoms with E-state index in [4.69, 9.17) is 4.74 Å². The lowest BCUT2D eigenvalue weighted by Crippen LogP contribution is -2.47. The number of rotatable bonds is 7. The zero-order valence-corrected chi connectivity index (χ0v) is 14.2. The van der Waals surface area contributed by atoms with Gasteiger partial charge in [0.1, 0.15) is 5.75 Å². The number of hydrogen-bond donors (Lipinski definition) is 2. The van der Waals surface area contributed by atoms with E-state index in [-0.39, 0.29) is 5.91 Å². The highest BCUT2D eigenvalue weighted by Crippen LogP contribution is 2.11. The van der Waals surface area contributed by atoms with Crippen molar-refractivity contribution in [3.8, 4) is 5.75 Å². The number of benzene rings is 1. The van der Waals surface area contributed by atoms with Crippen molar-refractivity contribution in [3.05, 3.63) is 29.8 Å². The summed E-state index contributed by atoms with van der Waals surface area (Å²) < 4.78 is 30.6. The minimum Gasteiger partial charge on any atom is -0.497 e. The molecular formula is C12H17IN2O4S. The molecule has 2 N–H and O–H groups in total. The summed E-state index contributed by atoms with van der Waals surface area (Å²) in [4.78, 5) is 12.0. The Balaban J connectivity index is 2.73. The van der Waals surface area contributed by atoms with Crippen molar-refractivity contribution in [1.82, 2.24) is 10.0 Å². The topological polar surface area (TPSA) is 84.5 Å². The number of carbonyl (C=O) groups is 1. The summed E-state index contributed by atoms with van der Waals surface area (Å²) in [6.07, 6.45) is 0.957. The van der Waals surface area contributed by atoms with Crippen LogP contribution in [0.3, 0.4) is 0 Å². The highest BCUT2D eigenvalue weighted by Gasteiger charge is 2.16. The summed E-state index contributed by atoms with van der Waals surface area (Å²) in [6, 6.07) is 6.59. The molecule has 0 aliphatic rings. The maximum absolute atomic E-state index is 12.0. The number of amides is 1. The monoisotopic (exact) mass is 412 g/mol. The predicted octanol–water partition coefficient (Wildman–Crippen LogP) is 1.13. The summed E-state index contributed by atoms with van der Waals surface area (Å²) in [7, 11) is -1.83. The first-order chi connectivity index (χ1) is 9.35. The number of hydrogen-bond acceptors (Lipinski definition) is 4. The second-order valence-corrected chi connectivity index (χ2v) is 6.98. The number of methoxy groups -OCH3 is 1. The van der Waals surface area contributed by atoms with Crippen LogP contribution < -0.4 is 14.8 Å². The molecule has 0 aromatic heterocycles. The standard InChI is InChI=1S/C12H17IN2O4S/c1-19-10-5-3-9(4-6-10)12(16)14-11(7-8-13)15-20(2,17)18/h3-6,11,15H,7-8H2,1-2H3,(H,14,16). The molecule has 0 aliphatic carbocycles. The van der Waals surface area contributed by atoms with Crippen molar-refractivity contribution in [2.24, 2.45) is 0 Å². The first-order valence-corrected chi connectivity index (χ1v) is 9.25. The second kappa shape index (κ2) is 7.79. The Morgan fingerprint density at radius 1 is 1.35 bits per heavy atom. The molecule has 0 bridgehead atoms. The van der Waals surface area contributed by atoms with Gasteiger partial charge >= 0.3 is 0 Å². The number of alkyl halides is 1. The largest absolute Gasteiger partial charge is 0.497 e. The first-order valence-electron chi connectivity index (χ1n) is 5.84. The number of nitrogens with one attached hydrogen (secondary N) is 2. The molecule has 0 saturated heterocycles. The maximum Gasteiger partial charge on any atom is 0.252 e. The fourth-order valence-corrected chi connectivity index (χ4v) is 2.83. The molecular weight excluding hydrogens is 395 g/mol. The van der Waals surface area contributed by atoms with Crippen LogP contribution in [-0.4, -0.2) is 38.3 Å². The third-order valence-corrected chi connectivity index (χ3v) is 3.75. The van der Waals surface area contributed by atoms with Crippen molar-refractivity contribution in [1.29, 1.82) is 0 Å². The van der Waals surface area contributed by atoms with Gasteiger partial charge in [0.05, 0.1) is 19.5 Å². The lowest BCUT2D eigenvalue weighted by atomic mass is 10.2. The van der Waals surface area contributed by atoms with E-state index in [1.54, 1.807) is 31.4 Å². The Morgan fingerprint density at radius 3 is 2.40 bits per heavy atom. The minimum atomic E-state index is -3.37. The molecule has 0 radical (unpaired) electrons. The van der Waals surface area contributed by atoms with Gasteiger partial charge in [-0.2, -0.15) is 4.72 Å². The molecule has 112 valence electrons. The van der Waals surface area contributed by atoms with Gasteiger partial charge in [-0.25, -0.2) is 8.42 Å². The average molecular weight is 412 g/mol.